The Labute approximate surface area is 94.9 Å². The first-order chi connectivity index (χ1) is 7.13. The van der Waals surface area contributed by atoms with E-state index in [1.54, 1.807) is 26.4 Å². The van der Waals surface area contributed by atoms with Crippen molar-refractivity contribution in [3.05, 3.63) is 24.6 Å². The van der Waals surface area contributed by atoms with Crippen LogP contribution in [0.3, 0.4) is 0 Å². The van der Waals surface area contributed by atoms with E-state index < -0.39 is 6.10 Å². The summed E-state index contributed by atoms with van der Waals surface area (Å²) in [5.41, 5.74) is 6.97. The third-order valence-electron chi connectivity index (χ3n) is 2.06. The van der Waals surface area contributed by atoms with E-state index in [0.717, 1.165) is 5.56 Å². The fourth-order valence-corrected chi connectivity index (χ4v) is 1.37. The van der Waals surface area contributed by atoms with Crippen LogP contribution in [-0.4, -0.2) is 14.2 Å². The molecule has 0 aliphatic carbocycles. The van der Waals surface area contributed by atoms with Gasteiger partial charge < -0.3 is 19.4 Å². The Kier molecular flexibility index (Phi) is 4.11. The molecule has 1 aromatic carbocycles. The average molecular weight is 228 g/mol. The molecular formula is C10H14NO3S. The van der Waals surface area contributed by atoms with E-state index in [0.29, 0.717) is 17.2 Å². The van der Waals surface area contributed by atoms with Crippen LogP contribution >= 0.6 is 12.9 Å². The van der Waals surface area contributed by atoms with Crippen molar-refractivity contribution in [2.24, 2.45) is 0 Å². The molecule has 1 aromatic rings. The predicted molar refractivity (Wildman–Crippen MR) is 62.1 cm³/mol. The maximum absolute atomic E-state index is 5.73. The molecule has 83 valence electrons. The highest BCUT2D eigenvalue weighted by molar-refractivity contribution is 7.75. The maximum atomic E-state index is 5.73. The number of ether oxygens (including phenoxy) is 2. The summed E-state index contributed by atoms with van der Waals surface area (Å²) >= 11 is 3.71. The van der Waals surface area contributed by atoms with Gasteiger partial charge in [0.2, 0.25) is 0 Å². The van der Waals surface area contributed by atoms with Gasteiger partial charge in [-0.2, -0.15) is 0 Å². The Balaban J connectivity index is 3.22. The summed E-state index contributed by atoms with van der Waals surface area (Å²) in [4.78, 5) is 0. The Morgan fingerprint density at radius 2 is 1.87 bits per heavy atom. The van der Waals surface area contributed by atoms with E-state index in [-0.39, 0.29) is 0 Å². The van der Waals surface area contributed by atoms with Crippen LogP contribution < -0.4 is 15.2 Å². The summed E-state index contributed by atoms with van der Waals surface area (Å²) in [5, 5.41) is 0. The van der Waals surface area contributed by atoms with Crippen LogP contribution in [0.4, 0.5) is 5.69 Å². The summed E-state index contributed by atoms with van der Waals surface area (Å²) in [7, 11) is 3.09. The summed E-state index contributed by atoms with van der Waals surface area (Å²) in [6, 6.07) is 3.39. The van der Waals surface area contributed by atoms with Crippen LogP contribution in [-0.2, 0) is 4.18 Å². The highest BCUT2D eigenvalue weighted by atomic mass is 32.1. The second-order valence-electron chi connectivity index (χ2n) is 2.93. The highest BCUT2D eigenvalue weighted by Gasteiger charge is 2.14. The molecule has 0 spiro atoms. The second-order valence-corrected chi connectivity index (χ2v) is 3.14. The van der Waals surface area contributed by atoms with E-state index in [9.17, 15) is 0 Å². The van der Waals surface area contributed by atoms with Gasteiger partial charge in [0.15, 0.2) is 0 Å². The smallest absolute Gasteiger partial charge is 0.142 e. The maximum Gasteiger partial charge on any atom is 0.142 e. The van der Waals surface area contributed by atoms with Crippen LogP contribution in [0.2, 0.25) is 0 Å². The van der Waals surface area contributed by atoms with E-state index >= 15 is 0 Å². The van der Waals surface area contributed by atoms with Gasteiger partial charge in [-0.05, 0) is 25.9 Å². The lowest BCUT2D eigenvalue weighted by molar-refractivity contribution is 0.296. The monoisotopic (exact) mass is 228 g/mol. The number of hydrogen-bond donors (Lipinski definition) is 2. The molecule has 0 aromatic heterocycles. The molecule has 0 aliphatic heterocycles. The van der Waals surface area contributed by atoms with E-state index in [2.05, 4.69) is 19.8 Å². The Morgan fingerprint density at radius 3 is 2.33 bits per heavy atom. The molecule has 4 nitrogen and oxygen atoms in total. The van der Waals surface area contributed by atoms with Crippen LogP contribution in [0, 0.1) is 6.92 Å². The Hall–Kier alpha value is -1.07. The number of nitrogen functional groups attached to an aromatic ring is 1. The van der Waals surface area contributed by atoms with Gasteiger partial charge in [-0.1, -0.05) is 0 Å². The SMILES string of the molecule is [CH2]C(OS)c1cc(OC)c(N)cc1OC. The number of nitrogens with two attached hydrogens (primary N) is 1. The fourth-order valence-electron chi connectivity index (χ4n) is 1.25. The van der Waals surface area contributed by atoms with E-state index in [1.165, 1.54) is 0 Å². The van der Waals surface area contributed by atoms with Crippen molar-refractivity contribution in [2.75, 3.05) is 20.0 Å². The van der Waals surface area contributed by atoms with Gasteiger partial charge in [-0.25, -0.2) is 0 Å². The van der Waals surface area contributed by atoms with Crippen LogP contribution in [0.25, 0.3) is 0 Å². The number of hydrogen-bond acceptors (Lipinski definition) is 5. The van der Waals surface area contributed by atoms with Gasteiger partial charge >= 0.3 is 0 Å². The Bertz CT molecular complexity index is 344. The Morgan fingerprint density at radius 1 is 1.27 bits per heavy atom. The molecule has 2 N–H and O–H groups in total. The molecule has 1 unspecified atom stereocenters. The lowest BCUT2D eigenvalue weighted by atomic mass is 10.1. The van der Waals surface area contributed by atoms with Crippen molar-refractivity contribution < 1.29 is 13.7 Å². The number of benzene rings is 1. The van der Waals surface area contributed by atoms with Gasteiger partial charge in [0, 0.05) is 11.6 Å². The van der Waals surface area contributed by atoms with Crippen molar-refractivity contribution in [3.63, 3.8) is 0 Å². The first kappa shape index (κ1) is 12.0. The highest BCUT2D eigenvalue weighted by Crippen LogP contribution is 2.35. The standard InChI is InChI=1S/C10H14NO3S/c1-6(14-15)7-4-10(13-3)8(11)5-9(7)12-2/h4-6,15H,1,11H2,2-3H3. The van der Waals surface area contributed by atoms with Gasteiger partial charge in [0.1, 0.15) is 17.6 Å². The zero-order chi connectivity index (χ0) is 11.4. The van der Waals surface area contributed by atoms with Crippen LogP contribution in [0.1, 0.15) is 11.7 Å². The third-order valence-corrected chi connectivity index (χ3v) is 2.31. The molecule has 0 bridgehead atoms. The lowest BCUT2D eigenvalue weighted by Gasteiger charge is -2.16. The summed E-state index contributed by atoms with van der Waals surface area (Å²) < 4.78 is 15.1. The van der Waals surface area contributed by atoms with Gasteiger partial charge in [0.05, 0.1) is 19.9 Å². The summed E-state index contributed by atoms with van der Waals surface area (Å²) in [6.07, 6.45) is -0.446. The quantitative estimate of drug-likeness (QED) is 0.470. The van der Waals surface area contributed by atoms with E-state index in [1.807, 2.05) is 0 Å². The summed E-state index contributed by atoms with van der Waals surface area (Å²) in [5.74, 6) is 1.16. The molecule has 5 heteroatoms. The normalized spacial score (nSPS) is 12.3. The minimum absolute atomic E-state index is 0.446. The van der Waals surface area contributed by atoms with Crippen LogP contribution in [0.15, 0.2) is 12.1 Å². The lowest BCUT2D eigenvalue weighted by Crippen LogP contribution is -2.01. The molecule has 0 saturated carbocycles. The minimum atomic E-state index is -0.446. The first-order valence-corrected chi connectivity index (χ1v) is 4.65. The number of methoxy groups -OCH3 is 2. The zero-order valence-electron chi connectivity index (χ0n) is 8.69. The van der Waals surface area contributed by atoms with Gasteiger partial charge in [-0.3, -0.25) is 0 Å². The predicted octanol–water partition coefficient (Wildman–Crippen LogP) is 2.02. The zero-order valence-corrected chi connectivity index (χ0v) is 9.58. The molecule has 0 aliphatic rings. The molecule has 1 atom stereocenters. The fraction of sp³-hybridized carbons (Fsp3) is 0.300. The van der Waals surface area contributed by atoms with Gasteiger partial charge in [0.25, 0.3) is 0 Å². The molecule has 0 fully saturated rings. The number of anilines is 1. The molecule has 15 heavy (non-hydrogen) atoms. The summed E-state index contributed by atoms with van der Waals surface area (Å²) in [6.45, 7) is 3.77. The largest absolute Gasteiger partial charge is 0.496 e. The van der Waals surface area contributed by atoms with Crippen LogP contribution in [0.5, 0.6) is 11.5 Å². The molecular weight excluding hydrogens is 214 g/mol. The molecule has 0 heterocycles. The number of thiol groups is 1. The second kappa shape index (κ2) is 5.14. The number of rotatable bonds is 4. The van der Waals surface area contributed by atoms with Crippen molar-refractivity contribution >= 4 is 18.6 Å². The molecule has 1 rings (SSSR count). The topological polar surface area (TPSA) is 53.7 Å². The molecule has 1 radical (unpaired) electrons. The van der Waals surface area contributed by atoms with Crippen molar-refractivity contribution in [1.82, 2.24) is 0 Å². The van der Waals surface area contributed by atoms with Crippen molar-refractivity contribution in [3.8, 4) is 11.5 Å². The molecule has 0 saturated heterocycles. The first-order valence-electron chi connectivity index (χ1n) is 4.28. The third kappa shape index (κ3) is 2.49. The van der Waals surface area contributed by atoms with Crippen molar-refractivity contribution in [1.29, 1.82) is 0 Å². The van der Waals surface area contributed by atoms with E-state index in [4.69, 9.17) is 19.4 Å². The minimum Gasteiger partial charge on any atom is -0.496 e. The van der Waals surface area contributed by atoms with Gasteiger partial charge in [-0.15, -0.1) is 0 Å². The average Bonchev–Trinajstić information content (AvgIpc) is 2.27. The molecule has 0 amide bonds. The van der Waals surface area contributed by atoms with Crippen molar-refractivity contribution in [2.45, 2.75) is 6.10 Å².